The molecule has 1 heterocycles. The molecule has 1 aromatic rings. The van der Waals surface area contributed by atoms with E-state index >= 15 is 0 Å². The van der Waals surface area contributed by atoms with E-state index in [1.54, 1.807) is 0 Å². The van der Waals surface area contributed by atoms with E-state index in [1.807, 2.05) is 0 Å². The first-order chi connectivity index (χ1) is 9.58. The summed E-state index contributed by atoms with van der Waals surface area (Å²) < 4.78 is 51.1. The Balaban J connectivity index is 2.38. The van der Waals surface area contributed by atoms with Crippen molar-refractivity contribution in [3.05, 3.63) is 23.8 Å². The molecular weight excluding hydrogens is 322 g/mol. The summed E-state index contributed by atoms with van der Waals surface area (Å²) in [4.78, 5) is 10.4. The Kier molecular flexibility index (Phi) is 3.95. The van der Waals surface area contributed by atoms with Crippen LogP contribution in [0.1, 0.15) is 16.8 Å². The molecule has 0 spiro atoms. The molecule has 1 saturated heterocycles. The predicted octanol–water partition coefficient (Wildman–Crippen LogP) is -0.402. The monoisotopic (exact) mass is 335 g/mol. The van der Waals surface area contributed by atoms with Crippen molar-refractivity contribution in [2.45, 2.75) is 17.4 Å². The molecule has 2 rings (SSSR count). The Hall–Kier alpha value is -1.65. The zero-order valence-electron chi connectivity index (χ0n) is 10.7. The highest BCUT2D eigenvalue weighted by atomic mass is 32.2. The van der Waals surface area contributed by atoms with Crippen LogP contribution in [-0.2, 0) is 19.9 Å². The number of carboxylic acid groups (broad SMARTS) is 1. The highest BCUT2D eigenvalue weighted by molar-refractivity contribution is 7.91. The van der Waals surface area contributed by atoms with Crippen molar-refractivity contribution in [1.29, 1.82) is 0 Å². The molecule has 8 nitrogen and oxygen atoms in total. The Bertz CT molecular complexity index is 783. The lowest BCUT2D eigenvalue weighted by molar-refractivity contribution is 0.0696. The predicted molar refractivity (Wildman–Crippen MR) is 72.5 cm³/mol. The van der Waals surface area contributed by atoms with Gasteiger partial charge in [0.2, 0.25) is 10.0 Å². The maximum absolute atomic E-state index is 11.5. The first-order valence-corrected chi connectivity index (χ1v) is 9.22. The van der Waals surface area contributed by atoms with Crippen LogP contribution in [0.3, 0.4) is 0 Å². The Morgan fingerprint density at radius 2 is 2.05 bits per heavy atom. The SMILES string of the molecule is NS(=O)(=O)c1cc(C(=O)O)ccc1OC1CCS(=O)(=O)C1. The number of carboxylic acids is 1. The molecule has 116 valence electrons. The number of benzene rings is 1. The fraction of sp³-hybridized carbons (Fsp3) is 0.364. The fourth-order valence-corrected chi connectivity index (χ4v) is 4.27. The van der Waals surface area contributed by atoms with Crippen molar-refractivity contribution in [1.82, 2.24) is 0 Å². The molecule has 0 amide bonds. The first-order valence-electron chi connectivity index (χ1n) is 5.86. The molecule has 1 unspecified atom stereocenters. The average Bonchev–Trinajstić information content (AvgIpc) is 2.67. The number of hydrogen-bond acceptors (Lipinski definition) is 6. The highest BCUT2D eigenvalue weighted by Crippen LogP contribution is 2.27. The van der Waals surface area contributed by atoms with E-state index in [1.165, 1.54) is 0 Å². The summed E-state index contributed by atoms with van der Waals surface area (Å²) in [6, 6.07) is 3.21. The van der Waals surface area contributed by atoms with Gasteiger partial charge in [0.05, 0.1) is 17.1 Å². The van der Waals surface area contributed by atoms with Gasteiger partial charge in [0.1, 0.15) is 16.7 Å². The standard InChI is InChI=1S/C11H13NO7S2/c12-21(17,18)10-5-7(11(13)14)1-2-9(10)19-8-3-4-20(15,16)6-8/h1-2,5,8H,3-4,6H2,(H,13,14)(H2,12,17,18). The molecule has 0 aromatic heterocycles. The zero-order valence-corrected chi connectivity index (χ0v) is 12.4. The van der Waals surface area contributed by atoms with Crippen molar-refractivity contribution in [3.8, 4) is 5.75 Å². The number of primary sulfonamides is 1. The molecule has 10 heteroatoms. The Labute approximate surface area is 121 Å². The summed E-state index contributed by atoms with van der Waals surface area (Å²) in [6.07, 6.45) is -0.432. The molecule has 1 aliphatic rings. The van der Waals surface area contributed by atoms with Gasteiger partial charge in [0, 0.05) is 0 Å². The average molecular weight is 335 g/mol. The molecule has 1 aromatic carbocycles. The quantitative estimate of drug-likeness (QED) is 0.762. The minimum atomic E-state index is -4.20. The normalized spacial score (nSPS) is 21.1. The van der Waals surface area contributed by atoms with Gasteiger partial charge in [-0.05, 0) is 24.6 Å². The number of carbonyl (C=O) groups is 1. The van der Waals surface area contributed by atoms with Crippen LogP contribution < -0.4 is 9.88 Å². The Morgan fingerprint density at radius 1 is 1.38 bits per heavy atom. The van der Waals surface area contributed by atoms with E-state index in [4.69, 9.17) is 15.0 Å². The summed E-state index contributed by atoms with van der Waals surface area (Å²) >= 11 is 0. The summed E-state index contributed by atoms with van der Waals surface area (Å²) in [5.41, 5.74) is -0.259. The van der Waals surface area contributed by atoms with Crippen LogP contribution in [0.5, 0.6) is 5.75 Å². The smallest absolute Gasteiger partial charge is 0.335 e. The lowest BCUT2D eigenvalue weighted by Gasteiger charge is -2.15. The lowest BCUT2D eigenvalue weighted by atomic mass is 10.2. The van der Waals surface area contributed by atoms with Gasteiger partial charge in [0.15, 0.2) is 9.84 Å². The maximum Gasteiger partial charge on any atom is 0.335 e. The number of hydrogen-bond donors (Lipinski definition) is 2. The van der Waals surface area contributed by atoms with Crippen LogP contribution in [-0.4, -0.2) is 45.5 Å². The number of ether oxygens (including phenoxy) is 1. The van der Waals surface area contributed by atoms with Gasteiger partial charge in [-0.15, -0.1) is 0 Å². The van der Waals surface area contributed by atoms with Crippen molar-refractivity contribution >= 4 is 25.8 Å². The molecule has 21 heavy (non-hydrogen) atoms. The Morgan fingerprint density at radius 3 is 2.52 bits per heavy atom. The van der Waals surface area contributed by atoms with E-state index in [0.717, 1.165) is 18.2 Å². The van der Waals surface area contributed by atoms with Gasteiger partial charge in [-0.25, -0.2) is 26.8 Å². The van der Waals surface area contributed by atoms with Crippen molar-refractivity contribution in [3.63, 3.8) is 0 Å². The van der Waals surface area contributed by atoms with E-state index in [0.29, 0.717) is 0 Å². The largest absolute Gasteiger partial charge is 0.488 e. The van der Waals surface area contributed by atoms with E-state index < -0.39 is 36.8 Å². The van der Waals surface area contributed by atoms with Crippen molar-refractivity contribution in [2.24, 2.45) is 5.14 Å². The van der Waals surface area contributed by atoms with Crippen LogP contribution >= 0.6 is 0 Å². The van der Waals surface area contributed by atoms with E-state index in [9.17, 15) is 21.6 Å². The second-order valence-corrected chi connectivity index (χ2v) is 8.41. The van der Waals surface area contributed by atoms with Crippen LogP contribution in [0.15, 0.2) is 23.1 Å². The lowest BCUT2D eigenvalue weighted by Crippen LogP contribution is -2.21. The molecule has 0 radical (unpaired) electrons. The van der Waals surface area contributed by atoms with Gasteiger partial charge >= 0.3 is 5.97 Å². The van der Waals surface area contributed by atoms with Crippen LogP contribution in [0, 0.1) is 0 Å². The topological polar surface area (TPSA) is 141 Å². The maximum atomic E-state index is 11.5. The van der Waals surface area contributed by atoms with Crippen molar-refractivity contribution < 1.29 is 31.5 Å². The highest BCUT2D eigenvalue weighted by Gasteiger charge is 2.31. The number of aromatic carboxylic acids is 1. The van der Waals surface area contributed by atoms with Gasteiger partial charge in [-0.2, -0.15) is 0 Å². The van der Waals surface area contributed by atoms with Crippen LogP contribution in [0.25, 0.3) is 0 Å². The summed E-state index contributed by atoms with van der Waals surface area (Å²) in [5, 5.41) is 13.9. The zero-order chi connectivity index (χ0) is 15.8. The molecule has 0 bridgehead atoms. The third-order valence-electron chi connectivity index (χ3n) is 2.98. The summed E-state index contributed by atoms with van der Waals surface area (Å²) in [6.45, 7) is 0. The van der Waals surface area contributed by atoms with E-state index in [2.05, 4.69) is 0 Å². The second kappa shape index (κ2) is 5.28. The molecule has 1 fully saturated rings. The van der Waals surface area contributed by atoms with Crippen LogP contribution in [0.4, 0.5) is 0 Å². The van der Waals surface area contributed by atoms with Gasteiger partial charge in [-0.1, -0.05) is 0 Å². The van der Waals surface area contributed by atoms with Crippen LogP contribution in [0.2, 0.25) is 0 Å². The molecule has 1 atom stereocenters. The number of sulfone groups is 1. The molecular formula is C11H13NO7S2. The number of sulfonamides is 1. The minimum absolute atomic E-state index is 0.0322. The molecule has 0 saturated carbocycles. The van der Waals surface area contributed by atoms with Gasteiger partial charge in [-0.3, -0.25) is 0 Å². The summed E-state index contributed by atoms with van der Waals surface area (Å²) in [5.74, 6) is -1.70. The number of rotatable bonds is 4. The van der Waals surface area contributed by atoms with Gasteiger partial charge < -0.3 is 9.84 Å². The van der Waals surface area contributed by atoms with Gasteiger partial charge in [0.25, 0.3) is 0 Å². The van der Waals surface area contributed by atoms with Crippen molar-refractivity contribution in [2.75, 3.05) is 11.5 Å². The number of nitrogens with two attached hydrogens (primary N) is 1. The van der Waals surface area contributed by atoms with E-state index in [-0.39, 0.29) is 29.2 Å². The molecule has 0 aliphatic carbocycles. The first kappa shape index (κ1) is 15.7. The molecule has 3 N–H and O–H groups in total. The second-order valence-electron chi connectivity index (χ2n) is 4.65. The third-order valence-corrected chi connectivity index (χ3v) is 5.65. The fourth-order valence-electron chi connectivity index (χ4n) is 1.99. The third kappa shape index (κ3) is 3.71. The summed E-state index contributed by atoms with van der Waals surface area (Å²) in [7, 11) is -7.38. The minimum Gasteiger partial charge on any atom is -0.488 e. The molecule has 1 aliphatic heterocycles.